The second-order valence-electron chi connectivity index (χ2n) is 5.19. The van der Waals surface area contributed by atoms with Crippen LogP contribution in [0.25, 0.3) is 5.57 Å². The Balaban J connectivity index is 1.87. The molecule has 1 heterocycles. The van der Waals surface area contributed by atoms with Crippen LogP contribution in [0.3, 0.4) is 0 Å². The highest BCUT2D eigenvalue weighted by molar-refractivity contribution is 5.68. The zero-order chi connectivity index (χ0) is 12.3. The molecule has 17 heavy (non-hydrogen) atoms. The molecule has 0 fully saturated rings. The molecule has 0 saturated carbocycles. The number of benzene rings is 1. The molecule has 3 heteroatoms. The molecule has 0 aromatic heterocycles. The molecule has 1 aliphatic heterocycles. The quantitative estimate of drug-likeness (QED) is 0.591. The van der Waals surface area contributed by atoms with Gasteiger partial charge in [0.1, 0.15) is 0 Å². The maximum absolute atomic E-state index is 5.30. The summed E-state index contributed by atoms with van der Waals surface area (Å²) < 4.78 is 0. The minimum atomic E-state index is -0.282. The molecule has 0 aliphatic carbocycles. The topological polar surface area (TPSA) is 21.7 Å². The largest absolute Gasteiger partial charge is 0.212 e. The van der Waals surface area contributed by atoms with E-state index in [4.69, 9.17) is 9.88 Å². The van der Waals surface area contributed by atoms with Crippen molar-refractivity contribution in [3.05, 3.63) is 42.0 Å². The molecule has 1 aliphatic rings. The number of rotatable bonds is 3. The van der Waals surface area contributed by atoms with Gasteiger partial charge in [0.05, 0.1) is 12.1 Å². The van der Waals surface area contributed by atoms with E-state index in [1.54, 1.807) is 0 Å². The van der Waals surface area contributed by atoms with Crippen LogP contribution in [0.15, 0.2) is 36.4 Å². The van der Waals surface area contributed by atoms with Crippen molar-refractivity contribution in [3.8, 4) is 0 Å². The Morgan fingerprint density at radius 3 is 2.47 bits per heavy atom. The third-order valence-electron chi connectivity index (χ3n) is 2.43. The minimum absolute atomic E-state index is 0.282. The van der Waals surface area contributed by atoms with Gasteiger partial charge in [-0.3, -0.25) is 0 Å². The van der Waals surface area contributed by atoms with E-state index in [1.807, 2.05) is 44.0 Å². The van der Waals surface area contributed by atoms with Crippen molar-refractivity contribution < 1.29 is 9.88 Å². The second kappa shape index (κ2) is 5.00. The number of nitrogens with zero attached hydrogens (tertiary/aromatic N) is 1. The third kappa shape index (κ3) is 3.66. The van der Waals surface area contributed by atoms with Gasteiger partial charge in [0.15, 0.2) is 0 Å². The summed E-state index contributed by atoms with van der Waals surface area (Å²) in [5.41, 5.74) is 2.24. The van der Waals surface area contributed by atoms with Gasteiger partial charge in [-0.1, -0.05) is 36.4 Å². The van der Waals surface area contributed by atoms with Crippen LogP contribution in [-0.2, 0) is 9.88 Å². The first kappa shape index (κ1) is 12.3. The van der Waals surface area contributed by atoms with E-state index in [2.05, 4.69) is 18.2 Å². The summed E-state index contributed by atoms with van der Waals surface area (Å²) in [6, 6.07) is 10.3. The van der Waals surface area contributed by atoms with Crippen LogP contribution < -0.4 is 0 Å². The number of hydroxylamine groups is 2. The van der Waals surface area contributed by atoms with Gasteiger partial charge in [-0.15, -0.1) is 10.1 Å². The lowest BCUT2D eigenvalue weighted by Crippen LogP contribution is -2.28. The van der Waals surface area contributed by atoms with Gasteiger partial charge in [0, 0.05) is 6.54 Å². The van der Waals surface area contributed by atoms with E-state index in [0.29, 0.717) is 0 Å². The highest BCUT2D eigenvalue weighted by Gasteiger charge is 2.20. The van der Waals surface area contributed by atoms with E-state index in [-0.39, 0.29) is 5.60 Å². The van der Waals surface area contributed by atoms with Crippen LogP contribution >= 0.6 is 0 Å². The fourth-order valence-electron chi connectivity index (χ4n) is 1.61. The molecule has 0 N–H and O–H groups in total. The Kier molecular flexibility index (Phi) is 3.62. The van der Waals surface area contributed by atoms with Crippen molar-refractivity contribution in [2.45, 2.75) is 26.4 Å². The van der Waals surface area contributed by atoms with E-state index < -0.39 is 0 Å². The summed E-state index contributed by atoms with van der Waals surface area (Å²) in [6.45, 7) is 7.43. The Bertz CT molecular complexity index is 392. The first-order valence-electron chi connectivity index (χ1n) is 5.90. The molecule has 1 aromatic rings. The van der Waals surface area contributed by atoms with Crippen molar-refractivity contribution in [1.82, 2.24) is 5.06 Å². The standard InChI is InChI=1S/C14H19NO2/c1-14(2,3)16-17-15-10-9-13(11-15)12-7-5-4-6-8-12/h4-9H,10-11H2,1-3H3. The van der Waals surface area contributed by atoms with Crippen LogP contribution in [0.2, 0.25) is 0 Å². The molecule has 2 rings (SSSR count). The van der Waals surface area contributed by atoms with Crippen molar-refractivity contribution in [3.63, 3.8) is 0 Å². The van der Waals surface area contributed by atoms with E-state index >= 15 is 0 Å². The first-order chi connectivity index (χ1) is 8.04. The van der Waals surface area contributed by atoms with Crippen molar-refractivity contribution >= 4 is 5.57 Å². The van der Waals surface area contributed by atoms with E-state index in [1.165, 1.54) is 11.1 Å². The van der Waals surface area contributed by atoms with Crippen molar-refractivity contribution in [1.29, 1.82) is 0 Å². The van der Waals surface area contributed by atoms with Gasteiger partial charge in [-0.25, -0.2) is 4.89 Å². The third-order valence-corrected chi connectivity index (χ3v) is 2.43. The number of hydrogen-bond donors (Lipinski definition) is 0. The molecule has 0 saturated heterocycles. The van der Waals surface area contributed by atoms with Gasteiger partial charge in [-0.2, -0.15) is 0 Å². The molecule has 0 bridgehead atoms. The molecule has 0 radical (unpaired) electrons. The Morgan fingerprint density at radius 2 is 1.82 bits per heavy atom. The van der Waals surface area contributed by atoms with Gasteiger partial charge in [0.25, 0.3) is 0 Å². The van der Waals surface area contributed by atoms with Crippen LogP contribution in [0.1, 0.15) is 26.3 Å². The van der Waals surface area contributed by atoms with Crippen LogP contribution in [0.4, 0.5) is 0 Å². The van der Waals surface area contributed by atoms with Crippen molar-refractivity contribution in [2.75, 3.05) is 13.1 Å². The Labute approximate surface area is 103 Å². The monoisotopic (exact) mass is 233 g/mol. The first-order valence-corrected chi connectivity index (χ1v) is 5.90. The molecule has 0 unspecified atom stereocenters. The Hall–Kier alpha value is -1.16. The lowest BCUT2D eigenvalue weighted by atomic mass is 10.1. The normalized spacial score (nSPS) is 17.2. The molecular formula is C14H19NO2. The van der Waals surface area contributed by atoms with Gasteiger partial charge in [0.2, 0.25) is 0 Å². The van der Waals surface area contributed by atoms with Crippen LogP contribution in [0.5, 0.6) is 0 Å². The average Bonchev–Trinajstić information content (AvgIpc) is 2.75. The van der Waals surface area contributed by atoms with Crippen molar-refractivity contribution in [2.24, 2.45) is 0 Å². The average molecular weight is 233 g/mol. The van der Waals surface area contributed by atoms with E-state index in [0.717, 1.165) is 13.1 Å². The molecule has 0 amide bonds. The smallest absolute Gasteiger partial charge is 0.0972 e. The van der Waals surface area contributed by atoms with E-state index in [9.17, 15) is 0 Å². The highest BCUT2D eigenvalue weighted by Crippen LogP contribution is 2.21. The SMILES string of the molecule is CC(C)(C)OON1CC=C(c2ccccc2)C1. The predicted octanol–water partition coefficient (Wildman–Crippen LogP) is 3.05. The summed E-state index contributed by atoms with van der Waals surface area (Å²) in [7, 11) is 0. The maximum Gasteiger partial charge on any atom is 0.0972 e. The predicted molar refractivity (Wildman–Crippen MR) is 67.9 cm³/mol. The summed E-state index contributed by atoms with van der Waals surface area (Å²) in [6.07, 6.45) is 2.17. The maximum atomic E-state index is 5.30. The van der Waals surface area contributed by atoms with Crippen LogP contribution in [-0.4, -0.2) is 23.8 Å². The summed E-state index contributed by atoms with van der Waals surface area (Å²) in [4.78, 5) is 10.6. The lowest BCUT2D eigenvalue weighted by molar-refractivity contribution is -0.454. The molecule has 0 atom stereocenters. The fraction of sp³-hybridized carbons (Fsp3) is 0.429. The molecule has 92 valence electrons. The summed E-state index contributed by atoms with van der Waals surface area (Å²) in [5.74, 6) is 0. The molecule has 1 aromatic carbocycles. The highest BCUT2D eigenvalue weighted by atomic mass is 17.3. The second-order valence-corrected chi connectivity index (χ2v) is 5.19. The Morgan fingerprint density at radius 1 is 1.12 bits per heavy atom. The zero-order valence-electron chi connectivity index (χ0n) is 10.6. The molecular weight excluding hydrogens is 214 g/mol. The van der Waals surface area contributed by atoms with Gasteiger partial charge in [-0.05, 0) is 31.9 Å². The summed E-state index contributed by atoms with van der Waals surface area (Å²) >= 11 is 0. The van der Waals surface area contributed by atoms with Crippen LogP contribution in [0, 0.1) is 0 Å². The lowest BCUT2D eigenvalue weighted by Gasteiger charge is -2.22. The zero-order valence-corrected chi connectivity index (χ0v) is 10.6. The molecule has 3 nitrogen and oxygen atoms in total. The number of hydrogen-bond acceptors (Lipinski definition) is 3. The summed E-state index contributed by atoms with van der Waals surface area (Å²) in [5, 5.41) is 1.81. The minimum Gasteiger partial charge on any atom is -0.212 e. The fourth-order valence-corrected chi connectivity index (χ4v) is 1.61. The molecule has 0 spiro atoms. The van der Waals surface area contributed by atoms with Gasteiger partial charge >= 0.3 is 0 Å². The van der Waals surface area contributed by atoms with Gasteiger partial charge < -0.3 is 0 Å².